The van der Waals surface area contributed by atoms with E-state index >= 15 is 0 Å². The molecule has 0 atom stereocenters. The average molecular weight is 356 g/mol. The maximum absolute atomic E-state index is 11.4. The third-order valence-corrected chi connectivity index (χ3v) is 6.88. The van der Waals surface area contributed by atoms with E-state index < -0.39 is 0 Å². The molecule has 0 aromatic carbocycles. The summed E-state index contributed by atoms with van der Waals surface area (Å²) < 4.78 is 0. The molecule has 4 aliphatic rings. The van der Waals surface area contributed by atoms with Crippen molar-refractivity contribution in [3.05, 3.63) is 5.01 Å². The van der Waals surface area contributed by atoms with Gasteiger partial charge in [-0.25, -0.2) is 0 Å². The molecular weight excluding hydrogens is 338 g/mol. The fourth-order valence-corrected chi connectivity index (χ4v) is 6.13. The van der Waals surface area contributed by atoms with Gasteiger partial charge in [0.05, 0.1) is 5.33 Å². The number of carbonyl (C=O) groups is 1. The van der Waals surface area contributed by atoms with Gasteiger partial charge in [-0.05, 0) is 56.3 Å². The van der Waals surface area contributed by atoms with Crippen LogP contribution in [0.2, 0.25) is 0 Å². The Labute approximate surface area is 130 Å². The van der Waals surface area contributed by atoms with E-state index in [-0.39, 0.29) is 11.3 Å². The summed E-state index contributed by atoms with van der Waals surface area (Å²) in [6, 6.07) is 0. The predicted octanol–water partition coefficient (Wildman–Crippen LogP) is 3.34. The van der Waals surface area contributed by atoms with Gasteiger partial charge in [-0.15, -0.1) is 10.2 Å². The van der Waals surface area contributed by atoms with Crippen LogP contribution in [-0.2, 0) is 10.2 Å². The van der Waals surface area contributed by atoms with Gasteiger partial charge in [0.1, 0.15) is 5.01 Å². The van der Waals surface area contributed by atoms with Crippen LogP contribution >= 0.6 is 27.3 Å². The van der Waals surface area contributed by atoms with E-state index in [1.54, 1.807) is 11.3 Å². The zero-order chi connectivity index (χ0) is 13.7. The van der Waals surface area contributed by atoms with Crippen molar-refractivity contribution in [2.75, 3.05) is 10.6 Å². The molecule has 0 radical (unpaired) electrons. The van der Waals surface area contributed by atoms with E-state index in [9.17, 15) is 4.79 Å². The van der Waals surface area contributed by atoms with Crippen molar-refractivity contribution >= 4 is 38.3 Å². The van der Waals surface area contributed by atoms with Crippen LogP contribution in [0.1, 0.15) is 43.5 Å². The highest BCUT2D eigenvalue weighted by Crippen LogP contribution is 2.61. The average Bonchev–Trinajstić information content (AvgIpc) is 2.86. The van der Waals surface area contributed by atoms with E-state index in [0.717, 1.165) is 17.8 Å². The summed E-state index contributed by atoms with van der Waals surface area (Å²) in [6.07, 6.45) is 8.18. The quantitative estimate of drug-likeness (QED) is 0.846. The molecule has 1 aromatic heterocycles. The molecular formula is C14H18BrN3OS. The van der Waals surface area contributed by atoms with E-state index in [2.05, 4.69) is 31.4 Å². The maximum atomic E-state index is 11.4. The molecule has 1 aromatic rings. The second-order valence-corrected chi connectivity index (χ2v) is 8.33. The van der Waals surface area contributed by atoms with Crippen LogP contribution in [-0.4, -0.2) is 21.4 Å². The van der Waals surface area contributed by atoms with Crippen LogP contribution in [0.3, 0.4) is 0 Å². The van der Waals surface area contributed by atoms with Crippen molar-refractivity contribution in [3.63, 3.8) is 0 Å². The molecule has 4 fully saturated rings. The van der Waals surface area contributed by atoms with Crippen LogP contribution in [0.25, 0.3) is 0 Å². The van der Waals surface area contributed by atoms with Crippen LogP contribution in [0.15, 0.2) is 0 Å². The van der Waals surface area contributed by atoms with Crippen molar-refractivity contribution in [2.45, 2.75) is 43.9 Å². The topological polar surface area (TPSA) is 54.9 Å². The van der Waals surface area contributed by atoms with Gasteiger partial charge >= 0.3 is 0 Å². The van der Waals surface area contributed by atoms with E-state index in [4.69, 9.17) is 0 Å². The van der Waals surface area contributed by atoms with Crippen LogP contribution < -0.4 is 5.32 Å². The SMILES string of the molecule is O=C(CBr)Nc1nnc(C23CC4CC(CC(C4)C2)C3)s1. The molecule has 0 saturated heterocycles. The summed E-state index contributed by atoms with van der Waals surface area (Å²) in [5.74, 6) is 2.67. The summed E-state index contributed by atoms with van der Waals surface area (Å²) in [4.78, 5) is 11.4. The van der Waals surface area contributed by atoms with Gasteiger partial charge in [-0.1, -0.05) is 27.3 Å². The number of anilines is 1. The first kappa shape index (κ1) is 13.2. The molecule has 1 N–H and O–H groups in total. The second kappa shape index (κ2) is 4.77. The van der Waals surface area contributed by atoms with Crippen LogP contribution in [0, 0.1) is 17.8 Å². The minimum atomic E-state index is -0.0572. The monoisotopic (exact) mass is 355 g/mol. The van der Waals surface area contributed by atoms with Gasteiger partial charge < -0.3 is 0 Å². The van der Waals surface area contributed by atoms with Gasteiger partial charge in [0.25, 0.3) is 0 Å². The number of hydrogen-bond acceptors (Lipinski definition) is 4. The molecule has 0 aliphatic heterocycles. The largest absolute Gasteiger partial charge is 0.300 e. The van der Waals surface area contributed by atoms with E-state index in [0.29, 0.717) is 10.5 Å². The Bertz CT molecular complexity index is 509. The number of halogens is 1. The lowest BCUT2D eigenvalue weighted by Crippen LogP contribution is -2.48. The molecule has 4 nitrogen and oxygen atoms in total. The van der Waals surface area contributed by atoms with Crippen molar-refractivity contribution in [1.82, 2.24) is 10.2 Å². The molecule has 0 unspecified atom stereocenters. The Morgan fingerprint density at radius 2 is 1.80 bits per heavy atom. The summed E-state index contributed by atoms with van der Waals surface area (Å²) in [7, 11) is 0. The van der Waals surface area contributed by atoms with Crippen LogP contribution in [0.4, 0.5) is 5.13 Å². The number of carbonyl (C=O) groups excluding carboxylic acids is 1. The highest BCUT2D eigenvalue weighted by molar-refractivity contribution is 9.09. The Morgan fingerprint density at radius 1 is 1.20 bits per heavy atom. The smallest absolute Gasteiger partial charge is 0.236 e. The summed E-state index contributed by atoms with van der Waals surface area (Å²) in [5, 5.41) is 13.5. The van der Waals surface area contributed by atoms with Crippen LogP contribution in [0.5, 0.6) is 0 Å². The molecule has 0 spiro atoms. The lowest BCUT2D eigenvalue weighted by atomic mass is 9.50. The molecule has 6 heteroatoms. The number of aromatic nitrogens is 2. The van der Waals surface area contributed by atoms with Crippen molar-refractivity contribution in [1.29, 1.82) is 0 Å². The molecule has 108 valence electrons. The molecule has 4 bridgehead atoms. The molecule has 4 aliphatic carbocycles. The Hall–Kier alpha value is -0.490. The fraction of sp³-hybridized carbons (Fsp3) is 0.786. The fourth-order valence-electron chi connectivity index (χ4n) is 5.01. The Morgan fingerprint density at radius 3 is 2.35 bits per heavy atom. The van der Waals surface area contributed by atoms with Gasteiger partial charge in [0.2, 0.25) is 11.0 Å². The van der Waals surface area contributed by atoms with E-state index in [1.165, 1.54) is 43.5 Å². The predicted molar refractivity (Wildman–Crippen MR) is 82.2 cm³/mol. The lowest BCUT2D eigenvalue weighted by molar-refractivity contribution is -0.113. The summed E-state index contributed by atoms with van der Waals surface area (Å²) in [6.45, 7) is 0. The highest BCUT2D eigenvalue weighted by Gasteiger charge is 2.53. The molecule has 1 amide bonds. The zero-order valence-electron chi connectivity index (χ0n) is 11.3. The van der Waals surface area contributed by atoms with Gasteiger partial charge in [0, 0.05) is 5.41 Å². The number of nitrogens with zero attached hydrogens (tertiary/aromatic N) is 2. The number of amides is 1. The van der Waals surface area contributed by atoms with Gasteiger partial charge in [0.15, 0.2) is 0 Å². The van der Waals surface area contributed by atoms with Gasteiger partial charge in [-0.2, -0.15) is 0 Å². The zero-order valence-corrected chi connectivity index (χ0v) is 13.7. The number of nitrogens with one attached hydrogen (secondary N) is 1. The first-order chi connectivity index (χ1) is 9.67. The van der Waals surface area contributed by atoms with Crippen molar-refractivity contribution < 1.29 is 4.79 Å². The Kier molecular flexibility index (Phi) is 3.14. The first-order valence-electron chi connectivity index (χ1n) is 7.37. The van der Waals surface area contributed by atoms with E-state index in [1.807, 2.05) is 0 Å². The lowest BCUT2D eigenvalue weighted by Gasteiger charge is -2.55. The second-order valence-electron chi connectivity index (χ2n) is 6.79. The van der Waals surface area contributed by atoms with Crippen molar-refractivity contribution in [2.24, 2.45) is 17.8 Å². The molecule has 4 saturated carbocycles. The van der Waals surface area contributed by atoms with Crippen molar-refractivity contribution in [3.8, 4) is 0 Å². The first-order valence-corrected chi connectivity index (χ1v) is 9.30. The maximum Gasteiger partial charge on any atom is 0.236 e. The Balaban J connectivity index is 1.59. The number of alkyl halides is 1. The number of hydrogen-bond donors (Lipinski definition) is 1. The number of rotatable bonds is 3. The standard InChI is InChI=1S/C14H18BrN3OS/c15-7-11(19)16-13-18-17-12(20-13)14-4-8-1-9(5-14)3-10(2-8)6-14/h8-10H,1-7H2,(H,16,18,19). The molecule has 1 heterocycles. The summed E-state index contributed by atoms with van der Waals surface area (Å²) >= 11 is 4.75. The normalized spacial score (nSPS) is 38.1. The molecule has 20 heavy (non-hydrogen) atoms. The summed E-state index contributed by atoms with van der Waals surface area (Å²) in [5.41, 5.74) is 0.282. The van der Waals surface area contributed by atoms with Gasteiger partial charge in [-0.3, -0.25) is 10.1 Å². The minimum absolute atomic E-state index is 0.0572. The third kappa shape index (κ3) is 2.11. The highest BCUT2D eigenvalue weighted by atomic mass is 79.9. The third-order valence-electron chi connectivity index (χ3n) is 5.28. The molecule has 5 rings (SSSR count). The minimum Gasteiger partial charge on any atom is -0.300 e.